The molecule has 2 N–H and O–H groups in total. The molecule has 0 radical (unpaired) electrons. The van der Waals surface area contributed by atoms with Gasteiger partial charge in [-0.1, -0.05) is 0 Å². The first-order valence-corrected chi connectivity index (χ1v) is 11.4. The van der Waals surface area contributed by atoms with Gasteiger partial charge in [-0.25, -0.2) is 4.98 Å². The first-order valence-electron chi connectivity index (χ1n) is 11.4. The van der Waals surface area contributed by atoms with Crippen LogP contribution in [-0.4, -0.2) is 78.2 Å². The van der Waals surface area contributed by atoms with Crippen molar-refractivity contribution < 1.29 is 0 Å². The Labute approximate surface area is 179 Å². The van der Waals surface area contributed by atoms with E-state index in [1.54, 1.807) is 6.20 Å². The summed E-state index contributed by atoms with van der Waals surface area (Å²) < 4.78 is 0. The molecule has 0 saturated heterocycles. The molecule has 6 nitrogen and oxygen atoms in total. The van der Waals surface area contributed by atoms with E-state index in [9.17, 15) is 0 Å². The zero-order valence-corrected chi connectivity index (χ0v) is 20.0. The number of anilines is 3. The molecule has 0 aromatic carbocycles. The van der Waals surface area contributed by atoms with Gasteiger partial charge in [0.1, 0.15) is 0 Å². The molecule has 0 fully saturated rings. The standard InChI is InChI=1S/C23H44N6/c1-17(2)28(18(3)4)13-11-26-9-10-27(12-14-29(19(5)6)20(7)8)23-22(26)15-21(24)16-25-23/h15-20H,9-14,24H2,1-8H3. The van der Waals surface area contributed by atoms with E-state index in [1.807, 2.05) is 0 Å². The average Bonchev–Trinajstić information content (AvgIpc) is 2.61. The molecular weight excluding hydrogens is 360 g/mol. The van der Waals surface area contributed by atoms with E-state index < -0.39 is 0 Å². The van der Waals surface area contributed by atoms with Gasteiger partial charge in [-0.3, -0.25) is 9.80 Å². The Morgan fingerprint density at radius 2 is 1.28 bits per heavy atom. The van der Waals surface area contributed by atoms with Gasteiger partial charge in [-0.2, -0.15) is 0 Å². The van der Waals surface area contributed by atoms with Crippen LogP contribution in [0.4, 0.5) is 17.2 Å². The zero-order chi connectivity index (χ0) is 21.7. The van der Waals surface area contributed by atoms with Crippen LogP contribution in [0, 0.1) is 0 Å². The van der Waals surface area contributed by atoms with Crippen LogP contribution in [0.2, 0.25) is 0 Å². The summed E-state index contributed by atoms with van der Waals surface area (Å²) in [5.41, 5.74) is 8.04. The van der Waals surface area contributed by atoms with E-state index >= 15 is 0 Å². The molecule has 0 amide bonds. The third kappa shape index (κ3) is 6.22. The summed E-state index contributed by atoms with van der Waals surface area (Å²) in [6.45, 7) is 24.4. The molecule has 166 valence electrons. The SMILES string of the molecule is CC(C)N(CCN1CCN(CCN(C(C)C)C(C)C)c2ncc(N)cc21)C(C)C. The minimum atomic E-state index is 0.549. The molecule has 0 atom stereocenters. The van der Waals surface area contributed by atoms with Gasteiger partial charge in [0.15, 0.2) is 5.82 Å². The van der Waals surface area contributed by atoms with Crippen LogP contribution in [0.5, 0.6) is 0 Å². The van der Waals surface area contributed by atoms with E-state index in [0.29, 0.717) is 24.2 Å². The maximum absolute atomic E-state index is 6.12. The molecule has 1 aromatic rings. The minimum absolute atomic E-state index is 0.549. The molecule has 1 aliphatic rings. The largest absolute Gasteiger partial charge is 0.397 e. The van der Waals surface area contributed by atoms with Gasteiger partial charge in [0.2, 0.25) is 0 Å². The fourth-order valence-electron chi connectivity index (χ4n) is 4.55. The second-order valence-electron chi connectivity index (χ2n) is 9.44. The van der Waals surface area contributed by atoms with Gasteiger partial charge in [-0.05, 0) is 61.5 Å². The van der Waals surface area contributed by atoms with Gasteiger partial charge in [0.25, 0.3) is 0 Å². The summed E-state index contributed by atoms with van der Waals surface area (Å²) in [6, 6.07) is 4.30. The van der Waals surface area contributed by atoms with Crippen LogP contribution < -0.4 is 15.5 Å². The molecule has 0 spiro atoms. The number of pyridine rings is 1. The lowest BCUT2D eigenvalue weighted by atomic mass is 10.2. The molecule has 0 bridgehead atoms. The number of nitrogen functional groups attached to an aromatic ring is 1. The third-order valence-electron chi connectivity index (χ3n) is 6.06. The highest BCUT2D eigenvalue weighted by Crippen LogP contribution is 2.32. The van der Waals surface area contributed by atoms with E-state index in [0.717, 1.165) is 50.8 Å². The molecule has 1 aliphatic heterocycles. The fourth-order valence-corrected chi connectivity index (χ4v) is 4.55. The Bertz CT molecular complexity index is 612. The van der Waals surface area contributed by atoms with Gasteiger partial charge < -0.3 is 15.5 Å². The number of fused-ring (bicyclic) bond motifs is 1. The predicted molar refractivity (Wildman–Crippen MR) is 127 cm³/mol. The van der Waals surface area contributed by atoms with Crippen LogP contribution >= 0.6 is 0 Å². The Morgan fingerprint density at radius 3 is 1.76 bits per heavy atom. The molecule has 6 heteroatoms. The molecule has 29 heavy (non-hydrogen) atoms. The minimum Gasteiger partial charge on any atom is -0.397 e. The first-order chi connectivity index (χ1) is 13.6. The number of hydrogen-bond acceptors (Lipinski definition) is 6. The number of nitrogens with two attached hydrogens (primary N) is 1. The normalized spacial score (nSPS) is 15.0. The van der Waals surface area contributed by atoms with Crippen molar-refractivity contribution in [3.63, 3.8) is 0 Å². The van der Waals surface area contributed by atoms with E-state index in [-0.39, 0.29) is 0 Å². The summed E-state index contributed by atoms with van der Waals surface area (Å²) in [6.07, 6.45) is 1.80. The number of aromatic nitrogens is 1. The predicted octanol–water partition coefficient (Wildman–Crippen LogP) is 3.53. The highest BCUT2D eigenvalue weighted by Gasteiger charge is 2.26. The van der Waals surface area contributed by atoms with E-state index in [1.165, 1.54) is 5.69 Å². The van der Waals surface area contributed by atoms with E-state index in [2.05, 4.69) is 81.1 Å². The van der Waals surface area contributed by atoms with Crippen molar-refractivity contribution >= 4 is 17.2 Å². The van der Waals surface area contributed by atoms with Crippen molar-refractivity contribution in [3.8, 4) is 0 Å². The Balaban J connectivity index is 2.13. The Kier molecular flexibility index (Phi) is 8.58. The Morgan fingerprint density at radius 1 is 0.828 bits per heavy atom. The van der Waals surface area contributed by atoms with Crippen LogP contribution in [0.25, 0.3) is 0 Å². The summed E-state index contributed by atoms with van der Waals surface area (Å²) in [7, 11) is 0. The average molecular weight is 405 g/mol. The van der Waals surface area contributed by atoms with Crippen molar-refractivity contribution in [2.75, 3.05) is 54.8 Å². The first kappa shape index (κ1) is 23.7. The molecule has 0 saturated carbocycles. The molecule has 2 heterocycles. The highest BCUT2D eigenvalue weighted by atomic mass is 15.3. The van der Waals surface area contributed by atoms with Crippen molar-refractivity contribution in [2.24, 2.45) is 0 Å². The summed E-state index contributed by atoms with van der Waals surface area (Å²) >= 11 is 0. The van der Waals surface area contributed by atoms with Crippen molar-refractivity contribution in [1.29, 1.82) is 0 Å². The van der Waals surface area contributed by atoms with Gasteiger partial charge >= 0.3 is 0 Å². The maximum Gasteiger partial charge on any atom is 0.152 e. The van der Waals surface area contributed by atoms with E-state index in [4.69, 9.17) is 10.7 Å². The third-order valence-corrected chi connectivity index (χ3v) is 6.06. The van der Waals surface area contributed by atoms with Gasteiger partial charge in [0, 0.05) is 63.4 Å². The Hall–Kier alpha value is -1.53. The summed E-state index contributed by atoms with van der Waals surface area (Å²) in [5.74, 6) is 1.08. The summed E-state index contributed by atoms with van der Waals surface area (Å²) in [5, 5.41) is 0. The smallest absolute Gasteiger partial charge is 0.152 e. The maximum atomic E-state index is 6.12. The van der Waals surface area contributed by atoms with Crippen molar-refractivity contribution in [1.82, 2.24) is 14.8 Å². The highest BCUT2D eigenvalue weighted by molar-refractivity contribution is 5.72. The number of nitrogens with zero attached hydrogens (tertiary/aromatic N) is 5. The van der Waals surface area contributed by atoms with Crippen LogP contribution in [-0.2, 0) is 0 Å². The summed E-state index contributed by atoms with van der Waals surface area (Å²) in [4.78, 5) is 14.7. The second-order valence-corrected chi connectivity index (χ2v) is 9.44. The van der Waals surface area contributed by atoms with Crippen LogP contribution in [0.1, 0.15) is 55.4 Å². The molecule has 1 aromatic heterocycles. The van der Waals surface area contributed by atoms with Crippen molar-refractivity contribution in [3.05, 3.63) is 12.3 Å². The van der Waals surface area contributed by atoms with Gasteiger partial charge in [-0.15, -0.1) is 0 Å². The molecule has 0 unspecified atom stereocenters. The van der Waals surface area contributed by atoms with Crippen molar-refractivity contribution in [2.45, 2.75) is 79.6 Å². The monoisotopic (exact) mass is 404 g/mol. The number of hydrogen-bond donors (Lipinski definition) is 1. The lowest BCUT2D eigenvalue weighted by Crippen LogP contribution is -2.49. The lowest BCUT2D eigenvalue weighted by molar-refractivity contribution is 0.177. The van der Waals surface area contributed by atoms with Gasteiger partial charge in [0.05, 0.1) is 17.6 Å². The fraction of sp³-hybridized carbons (Fsp3) is 0.783. The lowest BCUT2D eigenvalue weighted by Gasteiger charge is -2.41. The quantitative estimate of drug-likeness (QED) is 0.644. The number of rotatable bonds is 10. The molecule has 2 rings (SSSR count). The van der Waals surface area contributed by atoms with Crippen LogP contribution in [0.15, 0.2) is 12.3 Å². The second kappa shape index (κ2) is 10.5. The zero-order valence-electron chi connectivity index (χ0n) is 20.0. The molecule has 0 aliphatic carbocycles. The molecular formula is C23H44N6. The van der Waals surface area contributed by atoms with Crippen LogP contribution in [0.3, 0.4) is 0 Å². The topological polar surface area (TPSA) is 51.9 Å².